The minimum atomic E-state index is -1.18. The van der Waals surface area contributed by atoms with E-state index >= 15 is 0 Å². The lowest BCUT2D eigenvalue weighted by atomic mass is 10.2. The van der Waals surface area contributed by atoms with Crippen LogP contribution in [-0.2, 0) is 4.79 Å². The zero-order chi connectivity index (χ0) is 10.7. The Hall–Kier alpha value is -1.75. The summed E-state index contributed by atoms with van der Waals surface area (Å²) in [5, 5.41) is 8.90. The van der Waals surface area contributed by atoms with Gasteiger partial charge in [-0.2, -0.15) is 0 Å². The van der Waals surface area contributed by atoms with Crippen LogP contribution in [-0.4, -0.2) is 17.2 Å². The Balaban J connectivity index is 2.86. The summed E-state index contributed by atoms with van der Waals surface area (Å²) in [6.07, 6.45) is -1.18. The first kappa shape index (κ1) is 10.3. The molecule has 0 spiro atoms. The molecule has 1 aromatic rings. The van der Waals surface area contributed by atoms with Crippen molar-refractivity contribution in [3.05, 3.63) is 18.2 Å². The summed E-state index contributed by atoms with van der Waals surface area (Å²) < 4.78 is 4.79. The number of carbonyl (C=O) groups excluding carboxylic acids is 1. The van der Waals surface area contributed by atoms with Crippen molar-refractivity contribution in [3.8, 4) is 5.75 Å². The van der Waals surface area contributed by atoms with Crippen molar-refractivity contribution in [1.82, 2.24) is 0 Å². The predicted octanol–water partition coefficient (Wildman–Crippen LogP) is 0.137. The molecule has 1 atom stereocenters. The largest absolute Gasteiger partial charge is 0.422 e. The van der Waals surface area contributed by atoms with Crippen LogP contribution in [0, 0.1) is 0 Å². The lowest BCUT2D eigenvalue weighted by Crippen LogP contribution is -2.22. The molecule has 1 unspecified atom stereocenters. The van der Waals surface area contributed by atoms with Gasteiger partial charge in [0.1, 0.15) is 6.10 Å². The van der Waals surface area contributed by atoms with Gasteiger partial charge >= 0.3 is 5.97 Å². The van der Waals surface area contributed by atoms with Crippen molar-refractivity contribution in [1.29, 1.82) is 0 Å². The molecule has 0 saturated carbocycles. The van der Waals surface area contributed by atoms with Crippen molar-refractivity contribution in [2.45, 2.75) is 13.0 Å². The minimum Gasteiger partial charge on any atom is -0.422 e. The molecule has 0 aliphatic carbocycles. The van der Waals surface area contributed by atoms with E-state index in [9.17, 15) is 4.79 Å². The third-order valence-corrected chi connectivity index (χ3v) is 1.59. The third-order valence-electron chi connectivity index (χ3n) is 1.59. The maximum atomic E-state index is 11.0. The first-order valence-electron chi connectivity index (χ1n) is 4.05. The van der Waals surface area contributed by atoms with Crippen LogP contribution in [0.2, 0.25) is 0 Å². The standard InChI is InChI=1S/C9H12N2O3/c1-5(12)9(13)14-8-4-6(10)2-3-7(8)11/h2-5,12H,10-11H2,1H3. The molecule has 0 fully saturated rings. The average molecular weight is 196 g/mol. The smallest absolute Gasteiger partial charge is 0.340 e. The lowest BCUT2D eigenvalue weighted by Gasteiger charge is -2.08. The Bertz CT molecular complexity index is 350. The Kier molecular flexibility index (Phi) is 2.93. The lowest BCUT2D eigenvalue weighted by molar-refractivity contribution is -0.142. The fraction of sp³-hybridized carbons (Fsp3) is 0.222. The molecule has 5 N–H and O–H groups in total. The second kappa shape index (κ2) is 3.97. The Morgan fingerprint density at radius 1 is 1.50 bits per heavy atom. The van der Waals surface area contributed by atoms with Crippen molar-refractivity contribution >= 4 is 17.3 Å². The molecule has 0 bridgehead atoms. The number of nitrogen functional groups attached to an aromatic ring is 2. The fourth-order valence-corrected chi connectivity index (χ4v) is 0.833. The van der Waals surface area contributed by atoms with Crippen molar-refractivity contribution in [3.63, 3.8) is 0 Å². The molecule has 0 amide bonds. The highest BCUT2D eigenvalue weighted by molar-refractivity contribution is 5.78. The Labute approximate surface area is 81.3 Å². The molecule has 5 nitrogen and oxygen atoms in total. The van der Waals surface area contributed by atoms with Gasteiger partial charge in [-0.05, 0) is 19.1 Å². The van der Waals surface area contributed by atoms with Gasteiger partial charge in [0, 0.05) is 11.8 Å². The van der Waals surface area contributed by atoms with Gasteiger partial charge in [0.25, 0.3) is 0 Å². The molecule has 14 heavy (non-hydrogen) atoms. The maximum absolute atomic E-state index is 11.0. The molecule has 76 valence electrons. The van der Waals surface area contributed by atoms with Crippen molar-refractivity contribution in [2.24, 2.45) is 0 Å². The highest BCUT2D eigenvalue weighted by atomic mass is 16.5. The van der Waals surface area contributed by atoms with E-state index < -0.39 is 12.1 Å². The number of carbonyl (C=O) groups is 1. The molecular weight excluding hydrogens is 184 g/mol. The minimum absolute atomic E-state index is 0.163. The van der Waals surface area contributed by atoms with Gasteiger partial charge in [0.05, 0.1) is 5.69 Å². The normalized spacial score (nSPS) is 12.1. The fourth-order valence-electron chi connectivity index (χ4n) is 0.833. The average Bonchev–Trinajstić information content (AvgIpc) is 2.11. The molecule has 1 rings (SSSR count). The van der Waals surface area contributed by atoms with Gasteiger partial charge in [-0.15, -0.1) is 0 Å². The number of aliphatic hydroxyl groups excluding tert-OH is 1. The van der Waals surface area contributed by atoms with Crippen molar-refractivity contribution < 1.29 is 14.6 Å². The van der Waals surface area contributed by atoms with Gasteiger partial charge in [0.15, 0.2) is 5.75 Å². The van der Waals surface area contributed by atoms with Gasteiger partial charge < -0.3 is 21.3 Å². The molecule has 0 aliphatic rings. The van der Waals surface area contributed by atoms with Gasteiger partial charge in [-0.1, -0.05) is 0 Å². The molecule has 0 radical (unpaired) electrons. The molecular formula is C9H12N2O3. The second-order valence-electron chi connectivity index (χ2n) is 2.89. The number of hydrogen-bond donors (Lipinski definition) is 3. The summed E-state index contributed by atoms with van der Waals surface area (Å²) in [5.74, 6) is -0.599. The summed E-state index contributed by atoms with van der Waals surface area (Å²) in [6.45, 7) is 1.31. The maximum Gasteiger partial charge on any atom is 0.340 e. The van der Waals surface area contributed by atoms with Gasteiger partial charge in [0.2, 0.25) is 0 Å². The summed E-state index contributed by atoms with van der Waals surface area (Å²) in [6, 6.07) is 4.55. The second-order valence-corrected chi connectivity index (χ2v) is 2.89. The van der Waals surface area contributed by atoms with Crippen LogP contribution in [0.3, 0.4) is 0 Å². The highest BCUT2D eigenvalue weighted by Gasteiger charge is 2.13. The number of esters is 1. The van der Waals surface area contributed by atoms with E-state index in [2.05, 4.69) is 0 Å². The zero-order valence-electron chi connectivity index (χ0n) is 7.73. The van der Waals surface area contributed by atoms with Crippen LogP contribution < -0.4 is 16.2 Å². The number of aliphatic hydroxyl groups is 1. The molecule has 0 heterocycles. The monoisotopic (exact) mass is 196 g/mol. The topological polar surface area (TPSA) is 98.6 Å². The summed E-state index contributed by atoms with van der Waals surface area (Å²) in [4.78, 5) is 11.0. The molecule has 0 aromatic heterocycles. The highest BCUT2D eigenvalue weighted by Crippen LogP contribution is 2.24. The van der Waals surface area contributed by atoms with Gasteiger partial charge in [-0.3, -0.25) is 0 Å². The van der Waals surface area contributed by atoms with Crippen LogP contribution in [0.5, 0.6) is 5.75 Å². The predicted molar refractivity (Wildman–Crippen MR) is 52.6 cm³/mol. The summed E-state index contributed by atoms with van der Waals surface area (Å²) in [5.41, 5.74) is 11.7. The van der Waals surface area contributed by atoms with Crippen LogP contribution >= 0.6 is 0 Å². The van der Waals surface area contributed by atoms with Gasteiger partial charge in [-0.25, -0.2) is 4.79 Å². The molecule has 5 heteroatoms. The van der Waals surface area contributed by atoms with E-state index in [4.69, 9.17) is 21.3 Å². The Morgan fingerprint density at radius 2 is 2.14 bits per heavy atom. The number of anilines is 2. The molecule has 0 saturated heterocycles. The zero-order valence-corrected chi connectivity index (χ0v) is 7.73. The number of rotatable bonds is 2. The molecule has 1 aromatic carbocycles. The van der Waals surface area contributed by atoms with E-state index in [1.165, 1.54) is 19.1 Å². The number of ether oxygens (including phenoxy) is 1. The SMILES string of the molecule is CC(O)C(=O)Oc1cc(N)ccc1N. The van der Waals surface area contributed by atoms with E-state index in [1.807, 2.05) is 0 Å². The first-order valence-corrected chi connectivity index (χ1v) is 4.05. The number of nitrogens with two attached hydrogens (primary N) is 2. The van der Waals surface area contributed by atoms with Crippen LogP contribution in [0.1, 0.15) is 6.92 Å². The van der Waals surface area contributed by atoms with Crippen LogP contribution in [0.15, 0.2) is 18.2 Å². The number of benzene rings is 1. The van der Waals surface area contributed by atoms with E-state index in [-0.39, 0.29) is 5.75 Å². The third kappa shape index (κ3) is 2.37. The Morgan fingerprint density at radius 3 is 2.71 bits per heavy atom. The number of hydrogen-bond acceptors (Lipinski definition) is 5. The van der Waals surface area contributed by atoms with E-state index in [1.54, 1.807) is 6.07 Å². The van der Waals surface area contributed by atoms with Crippen LogP contribution in [0.25, 0.3) is 0 Å². The summed E-state index contributed by atoms with van der Waals surface area (Å²) in [7, 11) is 0. The quantitative estimate of drug-likeness (QED) is 0.355. The molecule has 0 aliphatic heterocycles. The van der Waals surface area contributed by atoms with E-state index in [0.29, 0.717) is 11.4 Å². The van der Waals surface area contributed by atoms with E-state index in [0.717, 1.165) is 0 Å². The van der Waals surface area contributed by atoms with Crippen LogP contribution in [0.4, 0.5) is 11.4 Å². The first-order chi connectivity index (χ1) is 6.50. The summed E-state index contributed by atoms with van der Waals surface area (Å²) >= 11 is 0. The van der Waals surface area contributed by atoms with Crippen molar-refractivity contribution in [2.75, 3.05) is 11.5 Å².